The molecule has 212 valence electrons. The van der Waals surface area contributed by atoms with E-state index in [0.717, 1.165) is 55.5 Å². The van der Waals surface area contributed by atoms with Crippen molar-refractivity contribution >= 4 is 5.91 Å². The van der Waals surface area contributed by atoms with Gasteiger partial charge in [-0.3, -0.25) is 4.79 Å². The molecule has 3 heteroatoms. The van der Waals surface area contributed by atoms with Gasteiger partial charge in [-0.25, -0.2) is 4.39 Å². The van der Waals surface area contributed by atoms with E-state index in [1.54, 1.807) is 11.8 Å². The molecule has 0 atom stereocenters. The highest BCUT2D eigenvalue weighted by Crippen LogP contribution is 2.45. The normalized spacial score (nSPS) is 30.1. The Hall–Kier alpha value is -1.64. The molecule has 3 saturated carbocycles. The average molecular weight is 524 g/mol. The zero-order valence-electron chi connectivity index (χ0n) is 24.7. The second kappa shape index (κ2) is 14.1. The number of halogens is 1. The Balaban J connectivity index is 1.21. The summed E-state index contributed by atoms with van der Waals surface area (Å²) in [7, 11) is 1.87. The SMILES string of the molecule is C=C(C)C(=O)N(C)CC1CCC(c2ccc(C3CCC(C4CCC(CCCCC)CC4)CC3)cc2F)CC1. The monoisotopic (exact) mass is 523 g/mol. The maximum atomic E-state index is 15.3. The zero-order chi connectivity index (χ0) is 27.1. The average Bonchev–Trinajstić information content (AvgIpc) is 2.93. The van der Waals surface area contributed by atoms with Gasteiger partial charge in [-0.1, -0.05) is 64.2 Å². The van der Waals surface area contributed by atoms with Crippen LogP contribution in [0.1, 0.15) is 140 Å². The van der Waals surface area contributed by atoms with E-state index in [9.17, 15) is 4.79 Å². The lowest BCUT2D eigenvalue weighted by atomic mass is 9.68. The molecule has 1 aromatic rings. The number of unbranched alkanes of at least 4 members (excludes halogenated alkanes) is 2. The van der Waals surface area contributed by atoms with E-state index in [4.69, 9.17) is 0 Å². The maximum absolute atomic E-state index is 15.3. The van der Waals surface area contributed by atoms with E-state index < -0.39 is 0 Å². The molecule has 0 aliphatic heterocycles. The van der Waals surface area contributed by atoms with Crippen molar-refractivity contribution in [3.63, 3.8) is 0 Å². The number of hydrogen-bond acceptors (Lipinski definition) is 1. The van der Waals surface area contributed by atoms with Crippen LogP contribution in [0.25, 0.3) is 0 Å². The first-order valence-corrected chi connectivity index (χ1v) is 16.1. The fraction of sp³-hybridized carbons (Fsp3) is 0.743. The number of rotatable bonds is 10. The predicted octanol–water partition coefficient (Wildman–Crippen LogP) is 9.79. The molecule has 1 aromatic carbocycles. The molecule has 3 aliphatic carbocycles. The Morgan fingerprint density at radius 2 is 1.45 bits per heavy atom. The first-order chi connectivity index (χ1) is 18.4. The van der Waals surface area contributed by atoms with Gasteiger partial charge in [0.2, 0.25) is 5.91 Å². The number of amides is 1. The summed E-state index contributed by atoms with van der Waals surface area (Å²) in [6, 6.07) is 6.24. The van der Waals surface area contributed by atoms with E-state index in [1.165, 1.54) is 82.6 Å². The Kier molecular flexibility index (Phi) is 10.9. The third kappa shape index (κ3) is 7.72. The minimum atomic E-state index is 0.0176. The van der Waals surface area contributed by atoms with Gasteiger partial charge in [0, 0.05) is 19.2 Å². The largest absolute Gasteiger partial charge is 0.342 e. The van der Waals surface area contributed by atoms with Crippen LogP contribution in [0.5, 0.6) is 0 Å². The van der Waals surface area contributed by atoms with Crippen molar-refractivity contribution in [3.05, 3.63) is 47.3 Å². The van der Waals surface area contributed by atoms with Gasteiger partial charge in [-0.15, -0.1) is 0 Å². The lowest BCUT2D eigenvalue weighted by molar-refractivity contribution is -0.126. The first kappa shape index (κ1) is 29.3. The summed E-state index contributed by atoms with van der Waals surface area (Å²) in [5, 5.41) is 0. The Bertz CT molecular complexity index is 901. The van der Waals surface area contributed by atoms with Crippen LogP contribution in [0.15, 0.2) is 30.4 Å². The van der Waals surface area contributed by atoms with Gasteiger partial charge < -0.3 is 4.90 Å². The molecule has 0 radical (unpaired) electrons. The van der Waals surface area contributed by atoms with Gasteiger partial charge >= 0.3 is 0 Å². The lowest BCUT2D eigenvalue weighted by Gasteiger charge is -2.38. The van der Waals surface area contributed by atoms with Gasteiger partial charge in [-0.2, -0.15) is 0 Å². The highest BCUT2D eigenvalue weighted by Gasteiger charge is 2.32. The number of likely N-dealkylation sites (N-methyl/N-ethyl adjacent to an activating group) is 1. The Morgan fingerprint density at radius 3 is 2.03 bits per heavy atom. The molecule has 0 saturated heterocycles. The molecular weight excluding hydrogens is 469 g/mol. The summed E-state index contributed by atoms with van der Waals surface area (Å²) in [6.45, 7) is 8.63. The Labute approximate surface area is 232 Å². The number of carbonyl (C=O) groups is 1. The van der Waals surface area contributed by atoms with Crippen molar-refractivity contribution in [2.75, 3.05) is 13.6 Å². The second-order valence-corrected chi connectivity index (χ2v) is 13.4. The van der Waals surface area contributed by atoms with Gasteiger partial charge in [0.25, 0.3) is 0 Å². The van der Waals surface area contributed by atoms with Crippen LogP contribution in [-0.4, -0.2) is 24.4 Å². The van der Waals surface area contributed by atoms with E-state index in [0.29, 0.717) is 23.3 Å². The van der Waals surface area contributed by atoms with E-state index in [-0.39, 0.29) is 11.7 Å². The quantitative estimate of drug-likeness (QED) is 0.221. The zero-order valence-corrected chi connectivity index (χ0v) is 24.7. The predicted molar refractivity (Wildman–Crippen MR) is 158 cm³/mol. The number of benzene rings is 1. The molecule has 1 amide bonds. The van der Waals surface area contributed by atoms with Crippen molar-refractivity contribution in [1.82, 2.24) is 4.90 Å². The topological polar surface area (TPSA) is 20.3 Å². The van der Waals surface area contributed by atoms with Crippen molar-refractivity contribution in [3.8, 4) is 0 Å². The summed E-state index contributed by atoms with van der Waals surface area (Å²) in [6.07, 6.45) is 20.8. The fourth-order valence-electron chi connectivity index (χ4n) is 8.14. The van der Waals surface area contributed by atoms with Crippen molar-refractivity contribution in [2.45, 2.75) is 128 Å². The van der Waals surface area contributed by atoms with Crippen LogP contribution >= 0.6 is 0 Å². The fourth-order valence-corrected chi connectivity index (χ4v) is 8.14. The minimum Gasteiger partial charge on any atom is -0.342 e. The molecule has 2 nitrogen and oxygen atoms in total. The van der Waals surface area contributed by atoms with Crippen molar-refractivity contribution in [2.24, 2.45) is 23.7 Å². The van der Waals surface area contributed by atoms with Gasteiger partial charge in [0.15, 0.2) is 0 Å². The van der Waals surface area contributed by atoms with E-state index in [2.05, 4.69) is 25.6 Å². The molecule has 0 spiro atoms. The lowest BCUT2D eigenvalue weighted by Crippen LogP contribution is -2.33. The molecule has 38 heavy (non-hydrogen) atoms. The molecular formula is C35H54FNO. The molecule has 3 fully saturated rings. The van der Waals surface area contributed by atoms with Crippen LogP contribution in [0, 0.1) is 29.5 Å². The van der Waals surface area contributed by atoms with Gasteiger partial charge in [-0.05, 0) is 124 Å². The second-order valence-electron chi connectivity index (χ2n) is 13.4. The highest BCUT2D eigenvalue weighted by molar-refractivity contribution is 5.91. The molecule has 0 unspecified atom stereocenters. The standard InChI is InChI=1S/C35H54FNO/c1-5-6-7-8-26-9-13-28(14-10-26)29-17-19-30(20-18-29)32-21-22-33(34(36)23-32)31-15-11-27(12-16-31)24-37(4)35(38)25(2)3/h21-23,26-31H,2,5-20,24H2,1,3-4H3. The molecule has 4 rings (SSSR count). The van der Waals surface area contributed by atoms with Crippen LogP contribution in [-0.2, 0) is 4.79 Å². The smallest absolute Gasteiger partial charge is 0.248 e. The molecule has 0 N–H and O–H groups in total. The third-order valence-electron chi connectivity index (χ3n) is 10.6. The van der Waals surface area contributed by atoms with Crippen molar-refractivity contribution < 1.29 is 9.18 Å². The molecule has 0 aromatic heterocycles. The van der Waals surface area contributed by atoms with E-state index >= 15 is 4.39 Å². The summed E-state index contributed by atoms with van der Waals surface area (Å²) >= 11 is 0. The number of hydrogen-bond donors (Lipinski definition) is 0. The highest BCUT2D eigenvalue weighted by atomic mass is 19.1. The van der Waals surface area contributed by atoms with Gasteiger partial charge in [0.05, 0.1) is 0 Å². The maximum Gasteiger partial charge on any atom is 0.248 e. The van der Waals surface area contributed by atoms with Crippen LogP contribution in [0.2, 0.25) is 0 Å². The summed E-state index contributed by atoms with van der Waals surface area (Å²) in [4.78, 5) is 13.9. The van der Waals surface area contributed by atoms with Crippen LogP contribution in [0.3, 0.4) is 0 Å². The van der Waals surface area contributed by atoms with Crippen LogP contribution in [0.4, 0.5) is 4.39 Å². The summed E-state index contributed by atoms with van der Waals surface area (Å²) < 4.78 is 15.3. The summed E-state index contributed by atoms with van der Waals surface area (Å²) in [5.41, 5.74) is 2.75. The number of carbonyl (C=O) groups excluding carboxylic acids is 1. The Morgan fingerprint density at radius 1 is 0.868 bits per heavy atom. The van der Waals surface area contributed by atoms with Gasteiger partial charge in [0.1, 0.15) is 5.82 Å². The summed E-state index contributed by atoms with van der Waals surface area (Å²) in [5.74, 6) is 4.27. The minimum absolute atomic E-state index is 0.0176. The van der Waals surface area contributed by atoms with E-state index in [1.807, 2.05) is 13.1 Å². The van der Waals surface area contributed by atoms with Crippen molar-refractivity contribution in [1.29, 1.82) is 0 Å². The van der Waals surface area contributed by atoms with Crippen LogP contribution < -0.4 is 0 Å². The molecule has 3 aliphatic rings. The number of nitrogens with zero attached hydrogens (tertiary/aromatic N) is 1. The first-order valence-electron chi connectivity index (χ1n) is 16.1. The molecule has 0 heterocycles. The molecule has 0 bridgehead atoms. The third-order valence-corrected chi connectivity index (χ3v) is 10.6.